The molecular weight excluding hydrogens is 369 g/mol. The molecule has 0 amide bonds. The van der Waals surface area contributed by atoms with Crippen LogP contribution in [0.2, 0.25) is 0 Å². The SMILES string of the molecule is CCCCCCCCCCCCCCC[C@H](O)C(COP(=O)(O)O)N=[N+]=[N-]. The molecule has 0 aromatic carbocycles. The first-order valence-corrected chi connectivity index (χ1v) is 11.9. The number of nitrogens with zero attached hydrogens (tertiary/aromatic N) is 3. The van der Waals surface area contributed by atoms with Gasteiger partial charge in [-0.15, -0.1) is 0 Å². The molecule has 0 bridgehead atoms. The summed E-state index contributed by atoms with van der Waals surface area (Å²) in [6, 6.07) is -0.986. The van der Waals surface area contributed by atoms with Crippen LogP contribution in [0.15, 0.2) is 5.11 Å². The van der Waals surface area contributed by atoms with Crippen LogP contribution in [0.4, 0.5) is 0 Å². The number of phosphoric acid groups is 1. The largest absolute Gasteiger partial charge is 0.469 e. The van der Waals surface area contributed by atoms with E-state index in [1.54, 1.807) is 0 Å². The third-order valence-electron chi connectivity index (χ3n) is 4.66. The second-order valence-corrected chi connectivity index (χ2v) is 8.40. The highest BCUT2D eigenvalue weighted by Crippen LogP contribution is 2.36. The number of aliphatic hydroxyl groups is 1. The smallest absolute Gasteiger partial charge is 0.393 e. The minimum atomic E-state index is -4.64. The zero-order valence-corrected chi connectivity index (χ0v) is 17.6. The topological polar surface area (TPSA) is 136 Å². The first-order chi connectivity index (χ1) is 12.9. The van der Waals surface area contributed by atoms with Gasteiger partial charge in [-0.2, -0.15) is 0 Å². The fourth-order valence-electron chi connectivity index (χ4n) is 3.02. The Balaban J connectivity index is 3.61. The van der Waals surface area contributed by atoms with Gasteiger partial charge in [-0.3, -0.25) is 4.52 Å². The van der Waals surface area contributed by atoms with Gasteiger partial charge in [-0.05, 0) is 12.0 Å². The molecule has 2 atom stereocenters. The van der Waals surface area contributed by atoms with Gasteiger partial charge in [0.2, 0.25) is 0 Å². The molecule has 0 fully saturated rings. The van der Waals surface area contributed by atoms with Crippen molar-refractivity contribution >= 4 is 7.82 Å². The molecule has 8 nitrogen and oxygen atoms in total. The standard InChI is InChI=1S/C18H38N3O5P/c1-2-3-4-5-6-7-8-9-10-11-12-13-14-15-18(22)17(20-21-19)16-26-27(23,24)25/h17-18,22H,2-16H2,1H3,(H2,23,24,25)/t17?,18-/m0/s1. The van der Waals surface area contributed by atoms with Crippen molar-refractivity contribution in [1.29, 1.82) is 0 Å². The van der Waals surface area contributed by atoms with E-state index >= 15 is 0 Å². The summed E-state index contributed by atoms with van der Waals surface area (Å²) >= 11 is 0. The van der Waals surface area contributed by atoms with Gasteiger partial charge in [0, 0.05) is 4.91 Å². The van der Waals surface area contributed by atoms with Crippen molar-refractivity contribution in [2.75, 3.05) is 6.61 Å². The van der Waals surface area contributed by atoms with Crippen molar-refractivity contribution in [3.63, 3.8) is 0 Å². The van der Waals surface area contributed by atoms with Crippen molar-refractivity contribution in [3.8, 4) is 0 Å². The van der Waals surface area contributed by atoms with E-state index in [0.29, 0.717) is 6.42 Å². The number of rotatable bonds is 19. The van der Waals surface area contributed by atoms with Gasteiger partial charge in [0.25, 0.3) is 0 Å². The zero-order valence-electron chi connectivity index (χ0n) is 16.7. The molecule has 0 aromatic rings. The average molecular weight is 407 g/mol. The summed E-state index contributed by atoms with van der Waals surface area (Å²) in [4.78, 5) is 20.0. The molecule has 0 heterocycles. The summed E-state index contributed by atoms with van der Waals surface area (Å²) < 4.78 is 15.0. The molecular formula is C18H38N3O5P. The number of azide groups is 1. The van der Waals surface area contributed by atoms with Crippen LogP contribution in [0, 0.1) is 0 Å². The summed E-state index contributed by atoms with van der Waals surface area (Å²) in [5, 5.41) is 13.4. The Morgan fingerprint density at radius 1 is 0.926 bits per heavy atom. The predicted octanol–water partition coefficient (Wildman–Crippen LogP) is 5.62. The Morgan fingerprint density at radius 2 is 1.37 bits per heavy atom. The summed E-state index contributed by atoms with van der Waals surface area (Å²) in [5.41, 5.74) is 8.50. The maximum Gasteiger partial charge on any atom is 0.469 e. The lowest BCUT2D eigenvalue weighted by atomic mass is 10.0. The number of hydrogen-bond donors (Lipinski definition) is 3. The van der Waals surface area contributed by atoms with E-state index in [9.17, 15) is 9.67 Å². The number of hydrogen-bond acceptors (Lipinski definition) is 4. The van der Waals surface area contributed by atoms with Crippen LogP contribution in [0.1, 0.15) is 96.8 Å². The molecule has 0 aliphatic carbocycles. The van der Waals surface area contributed by atoms with Crippen LogP contribution in [0.25, 0.3) is 10.4 Å². The summed E-state index contributed by atoms with van der Waals surface area (Å²) in [6.45, 7) is 1.74. The molecule has 0 aliphatic rings. The van der Waals surface area contributed by atoms with Gasteiger partial charge < -0.3 is 14.9 Å². The summed E-state index contributed by atoms with van der Waals surface area (Å²) in [7, 11) is -4.64. The molecule has 0 spiro atoms. The van der Waals surface area contributed by atoms with Crippen molar-refractivity contribution in [1.82, 2.24) is 0 Å². The Morgan fingerprint density at radius 3 is 1.78 bits per heavy atom. The number of aliphatic hydroxyl groups excluding tert-OH is 1. The minimum Gasteiger partial charge on any atom is -0.393 e. The van der Waals surface area contributed by atoms with Crippen molar-refractivity contribution in [3.05, 3.63) is 10.4 Å². The molecule has 1 unspecified atom stereocenters. The zero-order chi connectivity index (χ0) is 20.4. The van der Waals surface area contributed by atoms with Crippen LogP contribution in [-0.4, -0.2) is 33.6 Å². The highest BCUT2D eigenvalue weighted by Gasteiger charge is 2.22. The van der Waals surface area contributed by atoms with E-state index in [1.807, 2.05) is 0 Å². The van der Waals surface area contributed by atoms with Crippen LogP contribution in [0.5, 0.6) is 0 Å². The quantitative estimate of drug-likeness (QED) is 0.0839. The lowest BCUT2D eigenvalue weighted by molar-refractivity contribution is 0.0933. The minimum absolute atomic E-state index is 0.423. The summed E-state index contributed by atoms with van der Waals surface area (Å²) in [6.07, 6.45) is 15.5. The third kappa shape index (κ3) is 18.5. The third-order valence-corrected chi connectivity index (χ3v) is 5.15. The van der Waals surface area contributed by atoms with Crippen LogP contribution >= 0.6 is 7.82 Å². The first kappa shape index (κ1) is 26.4. The molecule has 0 rings (SSSR count). The van der Waals surface area contributed by atoms with E-state index in [0.717, 1.165) is 19.3 Å². The molecule has 0 aliphatic heterocycles. The lowest BCUT2D eigenvalue weighted by Crippen LogP contribution is -2.28. The molecule has 27 heavy (non-hydrogen) atoms. The van der Waals surface area contributed by atoms with Gasteiger partial charge in [-0.1, -0.05) is 95.5 Å². The van der Waals surface area contributed by atoms with Gasteiger partial charge in [-0.25, -0.2) is 4.57 Å². The Labute approximate surface area is 163 Å². The Bertz CT molecular complexity index is 441. The van der Waals surface area contributed by atoms with Crippen molar-refractivity contribution in [2.45, 2.75) is 109 Å². The van der Waals surface area contributed by atoms with Crippen LogP contribution < -0.4 is 0 Å². The normalized spacial score (nSPS) is 13.9. The Hall–Kier alpha value is -0.620. The predicted molar refractivity (Wildman–Crippen MR) is 107 cm³/mol. The Kier molecular flexibility index (Phi) is 17.1. The molecule has 0 saturated heterocycles. The molecule has 0 aromatic heterocycles. The van der Waals surface area contributed by atoms with E-state index in [4.69, 9.17) is 15.3 Å². The fraction of sp³-hybridized carbons (Fsp3) is 1.00. The highest BCUT2D eigenvalue weighted by molar-refractivity contribution is 7.46. The van der Waals surface area contributed by atoms with Crippen LogP contribution in [0.3, 0.4) is 0 Å². The van der Waals surface area contributed by atoms with Crippen LogP contribution in [-0.2, 0) is 9.09 Å². The van der Waals surface area contributed by atoms with E-state index in [2.05, 4.69) is 21.5 Å². The number of unbranched alkanes of at least 4 members (excludes halogenated alkanes) is 12. The van der Waals surface area contributed by atoms with E-state index < -0.39 is 26.6 Å². The monoisotopic (exact) mass is 407 g/mol. The maximum absolute atomic E-state index is 10.7. The fourth-order valence-corrected chi connectivity index (χ4v) is 3.37. The molecule has 0 radical (unpaired) electrons. The second kappa shape index (κ2) is 17.5. The molecule has 9 heteroatoms. The van der Waals surface area contributed by atoms with E-state index in [-0.39, 0.29) is 0 Å². The van der Waals surface area contributed by atoms with Crippen molar-refractivity contribution in [2.24, 2.45) is 5.11 Å². The number of phosphoric ester groups is 1. The average Bonchev–Trinajstić information content (AvgIpc) is 2.61. The van der Waals surface area contributed by atoms with Gasteiger partial charge >= 0.3 is 7.82 Å². The van der Waals surface area contributed by atoms with Gasteiger partial charge in [0.15, 0.2) is 0 Å². The summed E-state index contributed by atoms with van der Waals surface area (Å²) in [5.74, 6) is 0. The first-order valence-electron chi connectivity index (χ1n) is 10.3. The van der Waals surface area contributed by atoms with Gasteiger partial charge in [0.05, 0.1) is 18.8 Å². The van der Waals surface area contributed by atoms with E-state index in [1.165, 1.54) is 64.2 Å². The maximum atomic E-state index is 10.7. The highest BCUT2D eigenvalue weighted by atomic mass is 31.2. The molecule has 160 valence electrons. The second-order valence-electron chi connectivity index (χ2n) is 7.16. The lowest BCUT2D eigenvalue weighted by Gasteiger charge is -2.18. The molecule has 0 saturated carbocycles. The molecule has 3 N–H and O–H groups in total. The van der Waals surface area contributed by atoms with Crippen molar-refractivity contribution < 1.29 is 24.0 Å². The van der Waals surface area contributed by atoms with Gasteiger partial charge in [0.1, 0.15) is 0 Å².